The zero-order valence-electron chi connectivity index (χ0n) is 22.9. The molecule has 2 heterocycles. The van der Waals surface area contributed by atoms with Gasteiger partial charge in [0, 0.05) is 50.6 Å². The first-order chi connectivity index (χ1) is 18.0. The number of hydrogen-bond acceptors (Lipinski definition) is 5. The van der Waals surface area contributed by atoms with Crippen LogP contribution in [0, 0.1) is 0 Å². The van der Waals surface area contributed by atoms with Gasteiger partial charge in [-0.1, -0.05) is 26.0 Å². The molecule has 9 nitrogen and oxygen atoms in total. The highest BCUT2D eigenvalue weighted by Crippen LogP contribution is 2.22. The number of nitrogens with zero attached hydrogens (tertiary/aromatic N) is 5. The van der Waals surface area contributed by atoms with Crippen LogP contribution in [0.1, 0.15) is 69.7 Å². The first-order valence-electron chi connectivity index (χ1n) is 13.5. The molecule has 0 spiro atoms. The van der Waals surface area contributed by atoms with Gasteiger partial charge in [0.25, 0.3) is 0 Å². The van der Waals surface area contributed by atoms with Crippen molar-refractivity contribution < 1.29 is 4.79 Å². The van der Waals surface area contributed by atoms with E-state index in [1.807, 2.05) is 31.6 Å². The van der Waals surface area contributed by atoms with Crippen molar-refractivity contribution in [3.63, 3.8) is 0 Å². The fourth-order valence-corrected chi connectivity index (χ4v) is 4.49. The Bertz CT molecular complexity index is 998. The minimum atomic E-state index is -0.0717. The molecule has 3 rings (SSSR count). The second kappa shape index (κ2) is 15.2. The van der Waals surface area contributed by atoms with Crippen LogP contribution in [0.5, 0.6) is 0 Å². The maximum absolute atomic E-state index is 12.7. The Morgan fingerprint density at radius 3 is 2.22 bits per heavy atom. The fourth-order valence-electron chi connectivity index (χ4n) is 4.49. The predicted molar refractivity (Wildman–Crippen MR) is 149 cm³/mol. The number of carbonyl (C=O) groups excluding carboxylic acids is 1. The molecule has 3 N–H and O–H groups in total. The van der Waals surface area contributed by atoms with Crippen LogP contribution < -0.4 is 5.32 Å². The molecule has 3 aromatic rings. The van der Waals surface area contributed by atoms with Crippen LogP contribution in [0.15, 0.2) is 49.1 Å². The van der Waals surface area contributed by atoms with E-state index in [2.05, 4.69) is 68.0 Å². The number of carbonyl (C=O) groups is 1. The molecule has 2 amide bonds. The minimum absolute atomic E-state index is 0.0717. The summed E-state index contributed by atoms with van der Waals surface area (Å²) in [5, 5.41) is 3.03. The molecule has 1 atom stereocenters. The van der Waals surface area contributed by atoms with Crippen LogP contribution in [0.25, 0.3) is 0 Å². The third kappa shape index (κ3) is 9.33. The number of benzene rings is 1. The van der Waals surface area contributed by atoms with Crippen molar-refractivity contribution in [1.29, 1.82) is 0 Å². The molecule has 0 aliphatic rings. The van der Waals surface area contributed by atoms with Gasteiger partial charge in [0.2, 0.25) is 0 Å². The van der Waals surface area contributed by atoms with Crippen LogP contribution in [0.4, 0.5) is 10.5 Å². The van der Waals surface area contributed by atoms with Crippen molar-refractivity contribution in [2.24, 2.45) is 0 Å². The SMILES string of the molecule is CCCN(CCC)CCCCN(C)C(=O)Nc1ccc(CN(Cc2ncc[nH]2)C(C)c2ncc[nH]2)cc1. The van der Waals surface area contributed by atoms with E-state index in [0.717, 1.165) is 68.5 Å². The topological polar surface area (TPSA) is 96.2 Å². The van der Waals surface area contributed by atoms with Crippen molar-refractivity contribution in [2.75, 3.05) is 38.5 Å². The second-order valence-electron chi connectivity index (χ2n) is 9.69. The summed E-state index contributed by atoms with van der Waals surface area (Å²) in [7, 11) is 1.86. The lowest BCUT2D eigenvalue weighted by atomic mass is 10.1. The van der Waals surface area contributed by atoms with E-state index in [0.29, 0.717) is 6.54 Å². The first-order valence-corrected chi connectivity index (χ1v) is 13.5. The Morgan fingerprint density at radius 2 is 1.59 bits per heavy atom. The third-order valence-electron chi connectivity index (χ3n) is 6.61. The Balaban J connectivity index is 1.49. The summed E-state index contributed by atoms with van der Waals surface area (Å²) in [5.41, 5.74) is 1.95. The number of imidazole rings is 2. The summed E-state index contributed by atoms with van der Waals surface area (Å²) in [6, 6.07) is 8.08. The monoisotopic (exact) mass is 508 g/mol. The molecule has 0 aliphatic heterocycles. The Labute approximate surface area is 221 Å². The zero-order chi connectivity index (χ0) is 26.5. The molecule has 0 radical (unpaired) electrons. The number of anilines is 1. The standard InChI is InChI=1S/C28H44N8O/c1-5-17-35(18-6-2)20-8-7-19-34(4)28(37)33-25-11-9-24(10-12-25)21-36(22-26-29-13-14-30-26)23(3)27-31-15-16-32-27/h9-16,23H,5-8,17-22H2,1-4H3,(H,29,30)(H,31,32)(H,33,37). The van der Waals surface area contributed by atoms with Gasteiger partial charge in [-0.3, -0.25) is 4.90 Å². The number of hydrogen-bond donors (Lipinski definition) is 3. The van der Waals surface area contributed by atoms with Gasteiger partial charge in [-0.2, -0.15) is 0 Å². The van der Waals surface area contributed by atoms with Gasteiger partial charge >= 0.3 is 6.03 Å². The summed E-state index contributed by atoms with van der Waals surface area (Å²) in [6.45, 7) is 12.2. The number of H-pyrrole nitrogens is 2. The van der Waals surface area contributed by atoms with Gasteiger partial charge in [-0.05, 0) is 69.9 Å². The van der Waals surface area contributed by atoms with Crippen LogP contribution in [-0.2, 0) is 13.1 Å². The van der Waals surface area contributed by atoms with Gasteiger partial charge in [0.15, 0.2) is 0 Å². The summed E-state index contributed by atoms with van der Waals surface area (Å²) in [6.07, 6.45) is 11.7. The first kappa shape index (κ1) is 28.4. The molecule has 202 valence electrons. The number of unbranched alkanes of at least 4 members (excludes halogenated alkanes) is 1. The lowest BCUT2D eigenvalue weighted by molar-refractivity contribution is 0.181. The number of urea groups is 1. The van der Waals surface area contributed by atoms with Crippen molar-refractivity contribution >= 4 is 11.7 Å². The van der Waals surface area contributed by atoms with Crippen molar-refractivity contribution in [3.8, 4) is 0 Å². The molecule has 2 aromatic heterocycles. The largest absolute Gasteiger partial charge is 0.348 e. The molecule has 0 aliphatic carbocycles. The maximum atomic E-state index is 12.7. The number of aromatic amines is 2. The average Bonchev–Trinajstić information content (AvgIpc) is 3.62. The van der Waals surface area contributed by atoms with Gasteiger partial charge in [0.1, 0.15) is 11.6 Å². The Hall–Kier alpha value is -3.17. The molecule has 0 saturated heterocycles. The maximum Gasteiger partial charge on any atom is 0.321 e. The van der Waals surface area contributed by atoms with Gasteiger partial charge < -0.3 is 25.1 Å². The molecule has 1 aromatic carbocycles. The number of rotatable bonds is 16. The summed E-state index contributed by atoms with van der Waals surface area (Å²) in [5.74, 6) is 1.83. The van der Waals surface area contributed by atoms with Crippen LogP contribution in [0.2, 0.25) is 0 Å². The number of nitrogens with one attached hydrogen (secondary N) is 3. The van der Waals surface area contributed by atoms with E-state index in [1.165, 1.54) is 12.8 Å². The molecular formula is C28H44N8O. The van der Waals surface area contributed by atoms with Crippen LogP contribution in [0.3, 0.4) is 0 Å². The quantitative estimate of drug-likeness (QED) is 0.229. The predicted octanol–water partition coefficient (Wildman–Crippen LogP) is 5.26. The van der Waals surface area contributed by atoms with E-state index in [4.69, 9.17) is 0 Å². The van der Waals surface area contributed by atoms with E-state index < -0.39 is 0 Å². The summed E-state index contributed by atoms with van der Waals surface area (Å²) < 4.78 is 0. The highest BCUT2D eigenvalue weighted by molar-refractivity contribution is 5.89. The number of aromatic nitrogens is 4. The van der Waals surface area contributed by atoms with Crippen LogP contribution >= 0.6 is 0 Å². The summed E-state index contributed by atoms with van der Waals surface area (Å²) in [4.78, 5) is 34.5. The lowest BCUT2D eigenvalue weighted by Gasteiger charge is -2.27. The van der Waals surface area contributed by atoms with E-state index >= 15 is 0 Å². The molecular weight excluding hydrogens is 464 g/mol. The Kier molecular flexibility index (Phi) is 11.6. The zero-order valence-corrected chi connectivity index (χ0v) is 22.9. The third-order valence-corrected chi connectivity index (χ3v) is 6.61. The second-order valence-corrected chi connectivity index (χ2v) is 9.69. The minimum Gasteiger partial charge on any atom is -0.348 e. The molecule has 9 heteroatoms. The van der Waals surface area contributed by atoms with Crippen LogP contribution in [-0.4, -0.2) is 73.9 Å². The van der Waals surface area contributed by atoms with E-state index in [-0.39, 0.29) is 12.1 Å². The van der Waals surface area contributed by atoms with Crippen molar-refractivity contribution in [3.05, 3.63) is 66.3 Å². The van der Waals surface area contributed by atoms with Gasteiger partial charge in [0.05, 0.1) is 12.6 Å². The van der Waals surface area contributed by atoms with Gasteiger partial charge in [-0.25, -0.2) is 14.8 Å². The molecule has 0 fully saturated rings. The molecule has 37 heavy (non-hydrogen) atoms. The average molecular weight is 509 g/mol. The normalized spacial score (nSPS) is 12.3. The molecule has 0 saturated carbocycles. The highest BCUT2D eigenvalue weighted by atomic mass is 16.2. The molecule has 0 bridgehead atoms. The molecule has 1 unspecified atom stereocenters. The highest BCUT2D eigenvalue weighted by Gasteiger charge is 2.19. The smallest absolute Gasteiger partial charge is 0.321 e. The van der Waals surface area contributed by atoms with Crippen molar-refractivity contribution in [2.45, 2.75) is 65.6 Å². The van der Waals surface area contributed by atoms with E-state index in [9.17, 15) is 4.79 Å². The van der Waals surface area contributed by atoms with E-state index in [1.54, 1.807) is 17.3 Å². The number of amides is 2. The van der Waals surface area contributed by atoms with Crippen molar-refractivity contribution in [1.82, 2.24) is 34.6 Å². The fraction of sp³-hybridized carbons (Fsp3) is 0.536. The Morgan fingerprint density at radius 1 is 0.919 bits per heavy atom. The lowest BCUT2D eigenvalue weighted by Crippen LogP contribution is -2.33. The summed E-state index contributed by atoms with van der Waals surface area (Å²) >= 11 is 0. The van der Waals surface area contributed by atoms with Gasteiger partial charge in [-0.15, -0.1) is 0 Å².